The third-order valence-corrected chi connectivity index (χ3v) is 9.55. The van der Waals surface area contributed by atoms with Crippen molar-refractivity contribution >= 4 is 71.6 Å². The lowest BCUT2D eigenvalue weighted by Crippen LogP contribution is -2.41. The lowest BCUT2D eigenvalue weighted by Gasteiger charge is -2.16. The Bertz CT molecular complexity index is 2420. The van der Waals surface area contributed by atoms with E-state index < -0.39 is 49.0 Å². The molecule has 5 rings (SSSR count). The van der Waals surface area contributed by atoms with Gasteiger partial charge in [0.05, 0.1) is 37.3 Å². The van der Waals surface area contributed by atoms with Gasteiger partial charge in [0.15, 0.2) is 11.2 Å². The van der Waals surface area contributed by atoms with Crippen LogP contribution in [0, 0.1) is 0 Å². The van der Waals surface area contributed by atoms with Crippen molar-refractivity contribution < 1.29 is 47.2 Å². The van der Waals surface area contributed by atoms with Crippen molar-refractivity contribution in [1.82, 2.24) is 25.3 Å². The summed E-state index contributed by atoms with van der Waals surface area (Å²) in [5.41, 5.74) is 6.08. The van der Waals surface area contributed by atoms with Crippen LogP contribution in [0.25, 0.3) is 11.2 Å². The summed E-state index contributed by atoms with van der Waals surface area (Å²) in [5, 5.41) is 20.1. The predicted octanol–water partition coefficient (Wildman–Crippen LogP) is 4.10. The first-order valence-electron chi connectivity index (χ1n) is 17.6. The summed E-state index contributed by atoms with van der Waals surface area (Å²) in [6, 6.07) is 16.8. The predicted molar refractivity (Wildman–Crippen MR) is 210 cm³/mol. The normalized spacial score (nSPS) is 11.7. The number of amides is 4. The molecule has 2 aromatic heterocycles. The number of aromatic amines is 1. The van der Waals surface area contributed by atoms with Crippen molar-refractivity contribution in [1.29, 1.82) is 0 Å². The van der Waals surface area contributed by atoms with Crippen molar-refractivity contribution in [3.63, 3.8) is 0 Å². The molecule has 2 heterocycles. The first-order chi connectivity index (χ1) is 27.8. The van der Waals surface area contributed by atoms with Gasteiger partial charge < -0.3 is 32.1 Å². The highest BCUT2D eigenvalue weighted by Crippen LogP contribution is 2.49. The standard InChI is InChI=1S/C37H38N9O11P/c1-3-55-58(54,56-4-2)57-20-21-9-13-23(14-10-21)40-33(49)25-7-5-6-8-26(25)42-29(47)18-17-27(36(52)53)44-32(48)22-11-15-24(16-12-22)41-34(50)28-19-39-31-30(43-28)35(51)46-37(38)45-31/h5-16,19,27H,3-4,17-18,20H2,1-2H3,(H,40,49)(H,41,50)(H,42,47)(H,44,48)(H,52,53)(H3,38,39,45,46,51)/t27-/m0/s1. The van der Waals surface area contributed by atoms with Gasteiger partial charge in [0.25, 0.3) is 23.3 Å². The summed E-state index contributed by atoms with van der Waals surface area (Å²) in [6.07, 6.45) is 0.506. The molecule has 58 heavy (non-hydrogen) atoms. The lowest BCUT2D eigenvalue weighted by molar-refractivity contribution is -0.139. The third kappa shape index (κ3) is 11.4. The number of phosphoric ester groups is 1. The first-order valence-corrected chi connectivity index (χ1v) is 19.0. The highest BCUT2D eigenvalue weighted by molar-refractivity contribution is 7.48. The zero-order chi connectivity index (χ0) is 41.8. The molecule has 0 unspecified atom stereocenters. The van der Waals surface area contributed by atoms with Gasteiger partial charge in [0.2, 0.25) is 11.9 Å². The fraction of sp³-hybridized carbons (Fsp3) is 0.216. The number of carboxylic acid groups (broad SMARTS) is 1. The van der Waals surface area contributed by atoms with Gasteiger partial charge in [0.1, 0.15) is 11.7 Å². The quantitative estimate of drug-likeness (QED) is 0.0613. The topological polar surface area (TPSA) is 296 Å². The van der Waals surface area contributed by atoms with Crippen LogP contribution in [-0.2, 0) is 34.3 Å². The maximum atomic E-state index is 13.2. The summed E-state index contributed by atoms with van der Waals surface area (Å²) in [6.45, 7) is 3.55. The minimum Gasteiger partial charge on any atom is -0.480 e. The number of rotatable bonds is 18. The van der Waals surface area contributed by atoms with Crippen molar-refractivity contribution in [2.75, 3.05) is 34.9 Å². The molecule has 20 nitrogen and oxygen atoms in total. The van der Waals surface area contributed by atoms with Crippen LogP contribution in [0.3, 0.4) is 0 Å². The van der Waals surface area contributed by atoms with E-state index in [-0.39, 0.29) is 78.0 Å². The fourth-order valence-electron chi connectivity index (χ4n) is 5.19. The molecule has 0 aliphatic carbocycles. The zero-order valence-corrected chi connectivity index (χ0v) is 31.9. The molecule has 0 saturated carbocycles. The Kier molecular flexibility index (Phi) is 14.1. The number of nitrogens with one attached hydrogen (secondary N) is 5. The minimum absolute atomic E-state index is 0.0419. The number of benzene rings is 3. The van der Waals surface area contributed by atoms with E-state index in [9.17, 15) is 38.4 Å². The summed E-state index contributed by atoms with van der Waals surface area (Å²) in [5.74, 6) is -4.15. The van der Waals surface area contributed by atoms with Crippen molar-refractivity contribution in [2.24, 2.45) is 0 Å². The number of fused-ring (bicyclic) bond motifs is 1. The Labute approximate surface area is 329 Å². The molecule has 21 heteroatoms. The molecule has 0 aliphatic heterocycles. The number of aromatic nitrogens is 4. The number of carboxylic acids is 1. The van der Waals surface area contributed by atoms with Gasteiger partial charge in [-0.15, -0.1) is 0 Å². The number of carbonyl (C=O) groups is 5. The highest BCUT2D eigenvalue weighted by Gasteiger charge is 2.26. The van der Waals surface area contributed by atoms with Crippen LogP contribution in [0.15, 0.2) is 83.8 Å². The fourth-order valence-corrected chi connectivity index (χ4v) is 6.35. The Hall–Kier alpha value is -6.86. The molecule has 4 amide bonds. The SMILES string of the molecule is CCOP(=O)(OCC)OCc1ccc(NC(=O)c2ccccc2NC(=O)CC[C@H](NC(=O)c2ccc(NC(=O)c3cnc4nc(N)[nH]c(=O)c4n3)cc2)C(=O)O)cc1. The molecule has 302 valence electrons. The first kappa shape index (κ1) is 42.3. The van der Waals surface area contributed by atoms with Crippen LogP contribution in [0.5, 0.6) is 0 Å². The van der Waals surface area contributed by atoms with Gasteiger partial charge in [0, 0.05) is 23.4 Å². The molecule has 0 radical (unpaired) electrons. The van der Waals surface area contributed by atoms with E-state index in [2.05, 4.69) is 41.2 Å². The van der Waals surface area contributed by atoms with Crippen LogP contribution in [0.2, 0.25) is 0 Å². The largest absolute Gasteiger partial charge is 0.480 e. The van der Waals surface area contributed by atoms with Gasteiger partial charge in [-0.05, 0) is 74.4 Å². The van der Waals surface area contributed by atoms with E-state index in [1.165, 1.54) is 36.4 Å². The van der Waals surface area contributed by atoms with E-state index in [0.717, 1.165) is 6.20 Å². The van der Waals surface area contributed by atoms with E-state index in [4.69, 9.17) is 19.3 Å². The average molecular weight is 816 g/mol. The molecule has 0 bridgehead atoms. The van der Waals surface area contributed by atoms with E-state index in [1.807, 2.05) is 0 Å². The summed E-state index contributed by atoms with van der Waals surface area (Å²) < 4.78 is 28.2. The van der Waals surface area contributed by atoms with Gasteiger partial charge >= 0.3 is 13.8 Å². The van der Waals surface area contributed by atoms with Crippen molar-refractivity contribution in [3.8, 4) is 0 Å². The second-order valence-electron chi connectivity index (χ2n) is 12.1. The third-order valence-electron chi connectivity index (χ3n) is 7.96. The van der Waals surface area contributed by atoms with Crippen LogP contribution in [0.4, 0.5) is 23.0 Å². The summed E-state index contributed by atoms with van der Waals surface area (Å²) >= 11 is 0. The molecular weight excluding hydrogens is 777 g/mol. The smallest absolute Gasteiger partial charge is 0.475 e. The number of hydrogen-bond donors (Lipinski definition) is 7. The molecule has 0 fully saturated rings. The van der Waals surface area contributed by atoms with Crippen LogP contribution < -0.4 is 32.6 Å². The Morgan fingerprint density at radius 3 is 2.12 bits per heavy atom. The highest BCUT2D eigenvalue weighted by atomic mass is 31.2. The number of hydrogen-bond acceptors (Lipinski definition) is 14. The average Bonchev–Trinajstić information content (AvgIpc) is 3.19. The molecule has 3 aromatic carbocycles. The number of carbonyl (C=O) groups excluding carboxylic acids is 4. The van der Waals surface area contributed by atoms with E-state index in [0.29, 0.717) is 11.3 Å². The molecule has 5 aromatic rings. The molecule has 0 aliphatic rings. The lowest BCUT2D eigenvalue weighted by atomic mass is 10.1. The van der Waals surface area contributed by atoms with Crippen molar-refractivity contribution in [2.45, 2.75) is 39.3 Å². The maximum Gasteiger partial charge on any atom is 0.475 e. The van der Waals surface area contributed by atoms with Crippen molar-refractivity contribution in [3.05, 3.63) is 112 Å². The number of phosphoric acid groups is 1. The number of para-hydroxylation sites is 1. The van der Waals surface area contributed by atoms with Gasteiger partial charge in [-0.25, -0.2) is 19.3 Å². The summed E-state index contributed by atoms with van der Waals surface area (Å²) in [4.78, 5) is 90.0. The van der Waals surface area contributed by atoms with Gasteiger partial charge in [-0.3, -0.25) is 42.5 Å². The van der Waals surface area contributed by atoms with E-state index >= 15 is 0 Å². The Balaban J connectivity index is 1.12. The second-order valence-corrected chi connectivity index (χ2v) is 13.8. The number of anilines is 4. The minimum atomic E-state index is -3.71. The van der Waals surface area contributed by atoms with Crippen LogP contribution in [0.1, 0.15) is 63.5 Å². The summed E-state index contributed by atoms with van der Waals surface area (Å²) in [7, 11) is -3.71. The van der Waals surface area contributed by atoms with Gasteiger partial charge in [-0.1, -0.05) is 24.3 Å². The number of H-pyrrole nitrogens is 1. The van der Waals surface area contributed by atoms with E-state index in [1.54, 1.807) is 50.2 Å². The molecule has 1 atom stereocenters. The van der Waals surface area contributed by atoms with Gasteiger partial charge in [-0.2, -0.15) is 4.98 Å². The number of nitrogens with zero attached hydrogens (tertiary/aromatic N) is 3. The van der Waals surface area contributed by atoms with Crippen LogP contribution in [-0.4, -0.2) is 73.9 Å². The number of nitrogens with two attached hydrogens (primary N) is 1. The molecular formula is C37H38N9O11P. The Morgan fingerprint density at radius 1 is 0.828 bits per heavy atom. The molecule has 0 spiro atoms. The maximum absolute atomic E-state index is 13.2. The number of nitrogen functional groups attached to an aromatic ring is 1. The van der Waals surface area contributed by atoms with Crippen LogP contribution >= 0.6 is 7.82 Å². The number of aliphatic carboxylic acids is 1. The molecule has 0 saturated heterocycles. The second kappa shape index (κ2) is 19.3. The molecule has 8 N–H and O–H groups in total. The Morgan fingerprint density at radius 2 is 1.47 bits per heavy atom. The zero-order valence-electron chi connectivity index (χ0n) is 31.0. The monoisotopic (exact) mass is 815 g/mol.